The summed E-state index contributed by atoms with van der Waals surface area (Å²) in [5.41, 5.74) is 0. The highest BCUT2D eigenvalue weighted by molar-refractivity contribution is 7.80. The number of hydrogen-bond donors (Lipinski definition) is 2. The molecule has 0 fully saturated rings. The minimum Gasteiger partial charge on any atom is -0.350 e. The van der Waals surface area contributed by atoms with Crippen molar-refractivity contribution in [3.05, 3.63) is 0 Å². The van der Waals surface area contributed by atoms with Crippen LogP contribution in [0.4, 0.5) is 0 Å². The first kappa shape index (κ1) is 18.3. The largest absolute Gasteiger partial charge is 0.397 e. The molecule has 0 heterocycles. The lowest BCUT2D eigenvalue weighted by atomic mass is 10.2. The molecule has 0 bridgehead atoms. The van der Waals surface area contributed by atoms with Crippen LogP contribution in [0.1, 0.15) is 20.3 Å². The van der Waals surface area contributed by atoms with Gasteiger partial charge in [-0.2, -0.15) is 8.42 Å². The van der Waals surface area contributed by atoms with E-state index in [2.05, 4.69) is 9.50 Å². The van der Waals surface area contributed by atoms with Crippen molar-refractivity contribution in [2.24, 2.45) is 5.92 Å². The summed E-state index contributed by atoms with van der Waals surface area (Å²) in [6.45, 7) is 5.63. The number of carbonyl (C=O) groups excluding carboxylic acids is 1. The van der Waals surface area contributed by atoms with E-state index in [1.54, 1.807) is 0 Å². The summed E-state index contributed by atoms with van der Waals surface area (Å²) in [7, 11) is -0.381. The lowest BCUT2D eigenvalue weighted by Crippen LogP contribution is -2.46. The Morgan fingerprint density at radius 2 is 1.89 bits per heavy atom. The number of quaternary nitrogens is 1. The minimum absolute atomic E-state index is 0.0229. The van der Waals surface area contributed by atoms with Crippen LogP contribution in [0.2, 0.25) is 0 Å². The van der Waals surface area contributed by atoms with Crippen LogP contribution < -0.4 is 5.32 Å². The highest BCUT2D eigenvalue weighted by Gasteiger charge is 2.16. The predicted molar refractivity (Wildman–Crippen MR) is 71.8 cm³/mol. The molecule has 0 radical (unpaired) electrons. The summed E-state index contributed by atoms with van der Waals surface area (Å²) in [6.07, 6.45) is 0.505. The van der Waals surface area contributed by atoms with Gasteiger partial charge in [-0.1, -0.05) is 13.8 Å². The van der Waals surface area contributed by atoms with E-state index in [1.807, 2.05) is 27.9 Å². The summed E-state index contributed by atoms with van der Waals surface area (Å²) in [5.74, 6) is -0.00604. The van der Waals surface area contributed by atoms with Gasteiger partial charge < -0.3 is 9.80 Å². The highest BCUT2D eigenvalue weighted by atomic mass is 32.3. The topological polar surface area (TPSA) is 92.7 Å². The summed E-state index contributed by atoms with van der Waals surface area (Å²) in [6, 6.07) is 0. The third-order valence-corrected chi connectivity index (χ3v) is 3.15. The molecule has 19 heavy (non-hydrogen) atoms. The summed E-state index contributed by atoms with van der Waals surface area (Å²) >= 11 is 0. The molecule has 2 N–H and O–H groups in total. The normalized spacial score (nSPS) is 12.7. The molecule has 0 aliphatic heterocycles. The molecular weight excluding hydrogens is 272 g/mol. The Hall–Kier alpha value is -0.700. The van der Waals surface area contributed by atoms with E-state index in [4.69, 9.17) is 4.55 Å². The first-order chi connectivity index (χ1) is 8.53. The maximum absolute atomic E-state index is 11.4. The molecule has 0 atom stereocenters. The molecule has 0 aromatic carbocycles. The number of nitrogens with one attached hydrogen (secondary N) is 1. The second kappa shape index (κ2) is 7.78. The van der Waals surface area contributed by atoms with Gasteiger partial charge >= 0.3 is 10.4 Å². The Bertz CT molecular complexity index is 379. The van der Waals surface area contributed by atoms with Crippen molar-refractivity contribution in [1.29, 1.82) is 0 Å². The van der Waals surface area contributed by atoms with Gasteiger partial charge in [0.2, 0.25) is 5.91 Å². The Labute approximate surface area is 115 Å². The summed E-state index contributed by atoms with van der Waals surface area (Å²) in [5, 5.41) is 2.83. The van der Waals surface area contributed by atoms with Gasteiger partial charge in [0.1, 0.15) is 0 Å². The zero-order valence-electron chi connectivity index (χ0n) is 12.0. The summed E-state index contributed by atoms with van der Waals surface area (Å²) in [4.78, 5) is 11.4. The van der Waals surface area contributed by atoms with Gasteiger partial charge in [0, 0.05) is 12.3 Å². The van der Waals surface area contributed by atoms with E-state index in [-0.39, 0.29) is 18.4 Å². The van der Waals surface area contributed by atoms with E-state index in [1.165, 1.54) is 0 Å². The zero-order valence-corrected chi connectivity index (χ0v) is 12.9. The van der Waals surface area contributed by atoms with Crippen molar-refractivity contribution in [3.8, 4) is 0 Å². The predicted octanol–water partition coefficient (Wildman–Crippen LogP) is 0.0445. The average molecular weight is 297 g/mol. The maximum atomic E-state index is 11.4. The standard InChI is InChI=1S/C11H24N2O5S/c1-10(2)11(14)12-6-8-13(3,4)7-5-9-18-19(15,16)17/h10H,5-9H2,1-4H3,(H-,12,14,15,16,17)/p+1. The molecule has 0 saturated heterocycles. The van der Waals surface area contributed by atoms with Gasteiger partial charge in [0.15, 0.2) is 0 Å². The summed E-state index contributed by atoms with van der Waals surface area (Å²) < 4.78 is 34.0. The van der Waals surface area contributed by atoms with Crippen LogP contribution in [0.5, 0.6) is 0 Å². The molecular formula is C11H25N2O5S+. The van der Waals surface area contributed by atoms with Crippen molar-refractivity contribution in [1.82, 2.24) is 5.32 Å². The monoisotopic (exact) mass is 297 g/mol. The Morgan fingerprint density at radius 1 is 1.32 bits per heavy atom. The van der Waals surface area contributed by atoms with Crippen LogP contribution in [-0.4, -0.2) is 63.7 Å². The van der Waals surface area contributed by atoms with Crippen LogP contribution >= 0.6 is 0 Å². The van der Waals surface area contributed by atoms with Crippen molar-refractivity contribution < 1.29 is 26.4 Å². The fraction of sp³-hybridized carbons (Fsp3) is 0.909. The Kier molecular flexibility index (Phi) is 7.50. The number of hydrogen-bond acceptors (Lipinski definition) is 4. The van der Waals surface area contributed by atoms with Crippen molar-refractivity contribution in [2.45, 2.75) is 20.3 Å². The number of carbonyl (C=O) groups is 1. The smallest absolute Gasteiger partial charge is 0.350 e. The molecule has 0 aromatic rings. The lowest BCUT2D eigenvalue weighted by molar-refractivity contribution is -0.889. The molecule has 7 nitrogen and oxygen atoms in total. The van der Waals surface area contributed by atoms with Gasteiger partial charge in [0.05, 0.1) is 40.3 Å². The minimum atomic E-state index is -4.34. The molecule has 0 saturated carbocycles. The van der Waals surface area contributed by atoms with Crippen molar-refractivity contribution >= 4 is 16.3 Å². The molecule has 0 aliphatic rings. The third kappa shape index (κ3) is 10.9. The number of amides is 1. The van der Waals surface area contributed by atoms with Gasteiger partial charge in [-0.3, -0.25) is 9.35 Å². The second-order valence-corrected chi connectivity index (χ2v) is 6.52. The maximum Gasteiger partial charge on any atom is 0.397 e. The van der Waals surface area contributed by atoms with Gasteiger partial charge in [0.25, 0.3) is 0 Å². The van der Waals surface area contributed by atoms with Crippen molar-refractivity contribution in [2.75, 3.05) is 40.3 Å². The molecule has 114 valence electrons. The molecule has 1 amide bonds. The molecule has 0 spiro atoms. The molecule has 0 aromatic heterocycles. The number of nitrogens with zero attached hydrogens (tertiary/aromatic N) is 1. The van der Waals surface area contributed by atoms with Crippen molar-refractivity contribution in [3.63, 3.8) is 0 Å². The van der Waals surface area contributed by atoms with Crippen LogP contribution in [0.25, 0.3) is 0 Å². The Morgan fingerprint density at radius 3 is 2.37 bits per heavy atom. The molecule has 8 heteroatoms. The van der Waals surface area contributed by atoms with E-state index >= 15 is 0 Å². The zero-order chi connectivity index (χ0) is 15.1. The fourth-order valence-corrected chi connectivity index (χ4v) is 1.78. The second-order valence-electron chi connectivity index (χ2n) is 5.43. The van der Waals surface area contributed by atoms with Gasteiger partial charge in [-0.05, 0) is 0 Å². The van der Waals surface area contributed by atoms with E-state index in [9.17, 15) is 13.2 Å². The lowest BCUT2D eigenvalue weighted by Gasteiger charge is -2.29. The van der Waals surface area contributed by atoms with E-state index in [0.717, 1.165) is 6.54 Å². The number of rotatable bonds is 9. The molecule has 0 rings (SSSR count). The third-order valence-electron chi connectivity index (χ3n) is 2.68. The fourth-order valence-electron chi connectivity index (χ4n) is 1.45. The first-order valence-electron chi connectivity index (χ1n) is 6.25. The van der Waals surface area contributed by atoms with E-state index in [0.29, 0.717) is 24.0 Å². The average Bonchev–Trinajstić information content (AvgIpc) is 2.22. The van der Waals surface area contributed by atoms with Gasteiger partial charge in [-0.25, -0.2) is 4.18 Å². The molecule has 0 aliphatic carbocycles. The highest BCUT2D eigenvalue weighted by Crippen LogP contribution is 2.00. The SMILES string of the molecule is CC(C)C(=O)NCC[N+](C)(C)CCCOS(=O)(=O)O. The van der Waals surface area contributed by atoms with Crippen LogP contribution in [0.3, 0.4) is 0 Å². The quantitative estimate of drug-likeness (QED) is 0.356. The van der Waals surface area contributed by atoms with Crippen LogP contribution in [0, 0.1) is 5.92 Å². The van der Waals surface area contributed by atoms with Crippen LogP contribution in [0.15, 0.2) is 0 Å². The first-order valence-corrected chi connectivity index (χ1v) is 7.61. The van der Waals surface area contributed by atoms with Gasteiger partial charge in [-0.15, -0.1) is 0 Å². The number of likely N-dealkylation sites (N-methyl/N-ethyl adjacent to an activating group) is 1. The van der Waals surface area contributed by atoms with E-state index < -0.39 is 10.4 Å². The molecule has 0 unspecified atom stereocenters. The Balaban J connectivity index is 3.83. The van der Waals surface area contributed by atoms with Crippen LogP contribution in [-0.2, 0) is 19.4 Å².